The summed E-state index contributed by atoms with van der Waals surface area (Å²) in [5.74, 6) is 0.768. The molecule has 1 aromatic heterocycles. The van der Waals surface area contributed by atoms with Crippen molar-refractivity contribution in [3.8, 4) is 0 Å². The lowest BCUT2D eigenvalue weighted by molar-refractivity contribution is 0.0531. The molecule has 1 heterocycles. The molecule has 0 N–H and O–H groups in total. The molecule has 6 heteroatoms. The van der Waals surface area contributed by atoms with Gasteiger partial charge in [0.2, 0.25) is 0 Å². The minimum Gasteiger partial charge on any atom is -0.462 e. The second-order valence-corrected chi connectivity index (χ2v) is 8.00. The van der Waals surface area contributed by atoms with Crippen molar-refractivity contribution in [1.82, 2.24) is 0 Å². The number of halogens is 1. The van der Waals surface area contributed by atoms with Crippen LogP contribution in [-0.2, 0) is 11.2 Å². The van der Waals surface area contributed by atoms with Gasteiger partial charge in [0.05, 0.1) is 15.6 Å². The second kappa shape index (κ2) is 7.09. The molecule has 0 radical (unpaired) electrons. The quantitative estimate of drug-likeness (QED) is 0.436. The van der Waals surface area contributed by atoms with Gasteiger partial charge in [0.15, 0.2) is 5.78 Å². The van der Waals surface area contributed by atoms with Gasteiger partial charge in [0, 0.05) is 5.56 Å². The molecule has 1 unspecified atom stereocenters. The van der Waals surface area contributed by atoms with Crippen LogP contribution in [0, 0.1) is 0 Å². The summed E-state index contributed by atoms with van der Waals surface area (Å²) in [4.78, 5) is 24.9. The Morgan fingerprint density at radius 2 is 2.25 bits per heavy atom. The summed E-state index contributed by atoms with van der Waals surface area (Å²) >= 11 is 6.51. The van der Waals surface area contributed by atoms with E-state index in [9.17, 15) is 9.59 Å². The summed E-state index contributed by atoms with van der Waals surface area (Å²) < 4.78 is 6.08. The number of Topliss-reactive ketones (excluding diaryl/α,β-unsaturated/α-hetero) is 1. The van der Waals surface area contributed by atoms with Crippen LogP contribution in [0.1, 0.15) is 52.3 Å². The standard InChI is InChI=1S/C14H17BrO3S2/c1-3-7-19-14-10-8(5-6-9(15)11(10)16)12(20-14)13(17)18-4-2/h9H,3-7H2,1-2H3. The summed E-state index contributed by atoms with van der Waals surface area (Å²) in [5.41, 5.74) is 1.65. The van der Waals surface area contributed by atoms with Crippen molar-refractivity contribution in [3.05, 3.63) is 16.0 Å². The van der Waals surface area contributed by atoms with E-state index in [1.54, 1.807) is 18.7 Å². The fraction of sp³-hybridized carbons (Fsp3) is 0.571. The number of hydrogen-bond acceptors (Lipinski definition) is 5. The Bertz CT molecular complexity index is 525. The van der Waals surface area contributed by atoms with Gasteiger partial charge in [-0.2, -0.15) is 0 Å². The van der Waals surface area contributed by atoms with E-state index < -0.39 is 0 Å². The van der Waals surface area contributed by atoms with Crippen molar-refractivity contribution >= 4 is 50.8 Å². The molecule has 2 rings (SSSR count). The SMILES string of the molecule is CCCSc1sc(C(=O)OCC)c2c1C(=O)C(Br)CC2. The maximum atomic E-state index is 12.4. The Kier molecular flexibility index (Phi) is 5.69. The number of thioether (sulfide) groups is 1. The minimum atomic E-state index is -0.294. The number of esters is 1. The molecule has 0 fully saturated rings. The Balaban J connectivity index is 2.43. The summed E-state index contributed by atoms with van der Waals surface area (Å²) in [6, 6.07) is 0. The third-order valence-electron chi connectivity index (χ3n) is 3.05. The Morgan fingerprint density at radius 1 is 1.50 bits per heavy atom. The van der Waals surface area contributed by atoms with Crippen molar-refractivity contribution in [2.75, 3.05) is 12.4 Å². The molecule has 0 bridgehead atoms. The van der Waals surface area contributed by atoms with Crippen LogP contribution in [0.5, 0.6) is 0 Å². The fourth-order valence-corrected chi connectivity index (χ4v) is 5.08. The van der Waals surface area contributed by atoms with Gasteiger partial charge in [-0.05, 0) is 37.5 Å². The van der Waals surface area contributed by atoms with Gasteiger partial charge < -0.3 is 4.74 Å². The number of ether oxygens (including phenoxy) is 1. The third kappa shape index (κ3) is 3.12. The molecule has 0 aliphatic heterocycles. The van der Waals surface area contributed by atoms with Crippen molar-refractivity contribution in [2.45, 2.75) is 42.1 Å². The summed E-state index contributed by atoms with van der Waals surface area (Å²) in [6.45, 7) is 4.26. The molecular formula is C14H17BrO3S2. The lowest BCUT2D eigenvalue weighted by atomic mass is 9.92. The fourth-order valence-electron chi connectivity index (χ4n) is 2.15. The monoisotopic (exact) mass is 376 g/mol. The Labute approximate surface area is 135 Å². The number of hydrogen-bond donors (Lipinski definition) is 0. The normalized spacial score (nSPS) is 17.9. The first-order valence-corrected chi connectivity index (χ1v) is 9.45. The van der Waals surface area contributed by atoms with Crippen LogP contribution in [0.4, 0.5) is 0 Å². The first-order chi connectivity index (χ1) is 9.60. The molecule has 1 atom stereocenters. The van der Waals surface area contributed by atoms with Crippen LogP contribution in [0.15, 0.2) is 4.21 Å². The van der Waals surface area contributed by atoms with Gasteiger partial charge >= 0.3 is 5.97 Å². The number of rotatable bonds is 5. The average Bonchev–Trinajstić information content (AvgIpc) is 2.80. The molecule has 0 saturated carbocycles. The molecule has 1 aromatic rings. The van der Waals surface area contributed by atoms with Crippen molar-refractivity contribution in [3.63, 3.8) is 0 Å². The first-order valence-electron chi connectivity index (χ1n) is 6.74. The smallest absolute Gasteiger partial charge is 0.348 e. The highest BCUT2D eigenvalue weighted by Gasteiger charge is 2.34. The zero-order valence-corrected chi connectivity index (χ0v) is 14.8. The van der Waals surface area contributed by atoms with Crippen LogP contribution in [0.2, 0.25) is 0 Å². The van der Waals surface area contributed by atoms with Crippen molar-refractivity contribution < 1.29 is 14.3 Å². The number of carbonyl (C=O) groups excluding carboxylic acids is 2. The molecule has 1 aliphatic carbocycles. The zero-order chi connectivity index (χ0) is 14.7. The third-order valence-corrected chi connectivity index (χ3v) is 6.61. The van der Waals surface area contributed by atoms with Crippen molar-refractivity contribution in [1.29, 1.82) is 0 Å². The van der Waals surface area contributed by atoms with E-state index in [4.69, 9.17) is 4.74 Å². The zero-order valence-electron chi connectivity index (χ0n) is 11.5. The largest absolute Gasteiger partial charge is 0.462 e. The van der Waals surface area contributed by atoms with Crippen LogP contribution in [0.25, 0.3) is 0 Å². The number of fused-ring (bicyclic) bond motifs is 1. The molecule has 20 heavy (non-hydrogen) atoms. The lowest BCUT2D eigenvalue weighted by Crippen LogP contribution is -2.23. The van der Waals surface area contributed by atoms with Crippen LogP contribution in [0.3, 0.4) is 0 Å². The maximum absolute atomic E-state index is 12.4. The highest BCUT2D eigenvalue weighted by Crippen LogP contribution is 2.42. The second-order valence-electron chi connectivity index (χ2n) is 4.51. The van der Waals surface area contributed by atoms with Gasteiger partial charge in [-0.3, -0.25) is 4.79 Å². The Hall–Kier alpha value is -0.330. The summed E-state index contributed by atoms with van der Waals surface area (Å²) in [5, 5.41) is 0. The topological polar surface area (TPSA) is 43.4 Å². The van der Waals surface area contributed by atoms with E-state index in [0.29, 0.717) is 11.5 Å². The molecule has 0 amide bonds. The highest BCUT2D eigenvalue weighted by molar-refractivity contribution is 9.10. The predicted molar refractivity (Wildman–Crippen MR) is 86.7 cm³/mol. The lowest BCUT2D eigenvalue weighted by Gasteiger charge is -2.17. The van der Waals surface area contributed by atoms with Crippen LogP contribution < -0.4 is 0 Å². The average molecular weight is 377 g/mol. The van der Waals surface area contributed by atoms with Crippen LogP contribution in [-0.4, -0.2) is 28.9 Å². The molecule has 3 nitrogen and oxygen atoms in total. The first kappa shape index (κ1) is 16.0. The molecule has 0 spiro atoms. The van der Waals surface area contributed by atoms with E-state index in [1.165, 1.54) is 11.3 Å². The van der Waals surface area contributed by atoms with E-state index in [-0.39, 0.29) is 16.6 Å². The number of thiophene rings is 1. The molecule has 0 saturated heterocycles. The van der Waals surface area contributed by atoms with E-state index in [0.717, 1.165) is 40.4 Å². The molecule has 1 aliphatic rings. The van der Waals surface area contributed by atoms with Crippen LogP contribution >= 0.6 is 39.0 Å². The molecule has 0 aromatic carbocycles. The predicted octanol–water partition coefficient (Wildman–Crippen LogP) is 4.32. The van der Waals surface area contributed by atoms with Crippen molar-refractivity contribution in [2.24, 2.45) is 0 Å². The highest BCUT2D eigenvalue weighted by atomic mass is 79.9. The maximum Gasteiger partial charge on any atom is 0.348 e. The summed E-state index contributed by atoms with van der Waals surface area (Å²) in [7, 11) is 0. The van der Waals surface area contributed by atoms with Gasteiger partial charge in [0.1, 0.15) is 4.88 Å². The number of ketones is 1. The number of carbonyl (C=O) groups is 2. The van der Waals surface area contributed by atoms with Gasteiger partial charge in [-0.15, -0.1) is 23.1 Å². The van der Waals surface area contributed by atoms with E-state index in [2.05, 4.69) is 22.9 Å². The minimum absolute atomic E-state index is 0.108. The summed E-state index contributed by atoms with van der Waals surface area (Å²) in [6.07, 6.45) is 2.54. The Morgan fingerprint density at radius 3 is 2.90 bits per heavy atom. The van der Waals surface area contributed by atoms with E-state index in [1.807, 2.05) is 0 Å². The van der Waals surface area contributed by atoms with Gasteiger partial charge in [0.25, 0.3) is 0 Å². The molecule has 110 valence electrons. The van der Waals surface area contributed by atoms with Gasteiger partial charge in [-0.1, -0.05) is 22.9 Å². The van der Waals surface area contributed by atoms with E-state index >= 15 is 0 Å². The van der Waals surface area contributed by atoms with Gasteiger partial charge in [-0.25, -0.2) is 4.79 Å². The molecular weight excluding hydrogens is 360 g/mol. The number of alkyl halides is 1.